The van der Waals surface area contributed by atoms with Gasteiger partial charge in [0.05, 0.1) is 46.5 Å². The van der Waals surface area contributed by atoms with Gasteiger partial charge in [0.2, 0.25) is 17.7 Å². The molecule has 4 aliphatic rings. The summed E-state index contributed by atoms with van der Waals surface area (Å²) >= 11 is 0. The van der Waals surface area contributed by atoms with E-state index >= 15 is 0 Å². The van der Waals surface area contributed by atoms with Crippen molar-refractivity contribution in [3.63, 3.8) is 0 Å². The van der Waals surface area contributed by atoms with Gasteiger partial charge in [-0.05, 0) is 62.4 Å². The molecule has 3 saturated heterocycles. The summed E-state index contributed by atoms with van der Waals surface area (Å²) in [5.41, 5.74) is 5.84. The summed E-state index contributed by atoms with van der Waals surface area (Å²) in [4.78, 5) is 78.0. The Morgan fingerprint density at radius 3 is 2.52 bits per heavy atom. The average Bonchev–Trinajstić information content (AvgIpc) is 3.79. The van der Waals surface area contributed by atoms with Crippen molar-refractivity contribution >= 4 is 51.9 Å². The molecule has 5 amide bonds. The number of carbonyl (C=O) groups excluding carboxylic acids is 5. The highest BCUT2D eigenvalue weighted by Gasteiger charge is 2.44. The Bertz CT molecular complexity index is 2100. The van der Waals surface area contributed by atoms with Gasteiger partial charge in [-0.1, -0.05) is 12.5 Å². The number of hydrogen-bond acceptors (Lipinski definition) is 11. The maximum absolute atomic E-state index is 13.1. The van der Waals surface area contributed by atoms with Crippen LogP contribution in [-0.2, 0) is 14.4 Å². The first kappa shape index (κ1) is 35.3. The minimum atomic E-state index is -0.987. The number of nitrogens with one attached hydrogen (secondary N) is 3. The van der Waals surface area contributed by atoms with Crippen LogP contribution in [-0.4, -0.2) is 111 Å². The van der Waals surface area contributed by atoms with Crippen LogP contribution in [0, 0.1) is 0 Å². The molecule has 15 heteroatoms. The molecule has 0 bridgehead atoms. The number of imide groups is 2. The number of unbranched alkanes of at least 4 members (excludes halogenated alkanes) is 2. The zero-order valence-electron chi connectivity index (χ0n) is 30.1. The number of hydrogen-bond donors (Lipinski definition) is 3. The predicted molar refractivity (Wildman–Crippen MR) is 201 cm³/mol. The lowest BCUT2D eigenvalue weighted by molar-refractivity contribution is -0.136. The molecule has 1 atom stereocenters. The number of piperazine rings is 1. The molecular formula is C39H44N10O5. The number of likely N-dealkylation sites (tertiary alicyclic amines) is 1. The number of piperidine rings is 2. The van der Waals surface area contributed by atoms with Gasteiger partial charge < -0.3 is 20.4 Å². The molecule has 0 spiro atoms. The number of anilines is 2. The third-order valence-corrected chi connectivity index (χ3v) is 10.9. The van der Waals surface area contributed by atoms with Crippen LogP contribution in [0.25, 0.3) is 22.3 Å². The highest BCUT2D eigenvalue weighted by Crippen LogP contribution is 2.31. The molecule has 280 valence electrons. The number of benzene rings is 2. The van der Waals surface area contributed by atoms with Crippen molar-refractivity contribution in [2.45, 2.75) is 63.5 Å². The number of nitrogens with zero attached hydrogens (tertiary/aromatic N) is 7. The fraction of sp³-hybridized carbons (Fsp3) is 0.436. The monoisotopic (exact) mass is 732 g/mol. The Kier molecular flexibility index (Phi) is 10.0. The quantitative estimate of drug-likeness (QED) is 0.153. The highest BCUT2D eigenvalue weighted by molar-refractivity contribution is 6.23. The Hall–Kier alpha value is -5.70. The van der Waals surface area contributed by atoms with Gasteiger partial charge in [0.1, 0.15) is 11.6 Å². The Morgan fingerprint density at radius 1 is 0.889 bits per heavy atom. The van der Waals surface area contributed by atoms with Crippen LogP contribution in [0.15, 0.2) is 55.0 Å². The summed E-state index contributed by atoms with van der Waals surface area (Å²) in [6, 6.07) is 10.4. The van der Waals surface area contributed by atoms with Gasteiger partial charge >= 0.3 is 0 Å². The Morgan fingerprint density at radius 2 is 1.70 bits per heavy atom. The SMILES string of the molecule is O=C1CCC(N2C(=O)c3ccc(NCCCCCC(=O)N4CCC(n5cc(-c6cnc7cccc(N8CCNCC8)c7n6)cn5)CC4)cc3C2=O)C(=O)N1. The Labute approximate surface area is 312 Å². The minimum Gasteiger partial charge on any atom is -0.385 e. The lowest BCUT2D eigenvalue weighted by Gasteiger charge is -2.32. The van der Waals surface area contributed by atoms with Crippen molar-refractivity contribution in [1.29, 1.82) is 0 Å². The molecule has 3 N–H and O–H groups in total. The molecule has 3 fully saturated rings. The van der Waals surface area contributed by atoms with Crippen LogP contribution in [0.5, 0.6) is 0 Å². The van der Waals surface area contributed by atoms with E-state index in [1.54, 1.807) is 18.2 Å². The normalized spacial score (nSPS) is 19.4. The number of fused-ring (bicyclic) bond motifs is 2. The molecule has 4 aliphatic heterocycles. The summed E-state index contributed by atoms with van der Waals surface area (Å²) < 4.78 is 2.02. The third kappa shape index (κ3) is 7.15. The molecule has 4 aromatic rings. The largest absolute Gasteiger partial charge is 0.385 e. The molecule has 54 heavy (non-hydrogen) atoms. The van der Waals surface area contributed by atoms with Crippen molar-refractivity contribution in [2.75, 3.05) is 56.0 Å². The minimum absolute atomic E-state index is 0.0800. The molecule has 0 radical (unpaired) electrons. The van der Waals surface area contributed by atoms with Crippen LogP contribution in [0.3, 0.4) is 0 Å². The van der Waals surface area contributed by atoms with Gasteiger partial charge in [0, 0.05) is 76.1 Å². The summed E-state index contributed by atoms with van der Waals surface area (Å²) in [6.07, 6.45) is 10.6. The van der Waals surface area contributed by atoms with Crippen molar-refractivity contribution in [3.05, 3.63) is 66.1 Å². The molecular weight excluding hydrogens is 688 g/mol. The number of aromatic nitrogens is 4. The Balaban J connectivity index is 0.770. The predicted octanol–water partition coefficient (Wildman–Crippen LogP) is 3.14. The molecule has 15 nitrogen and oxygen atoms in total. The van der Waals surface area contributed by atoms with E-state index in [-0.39, 0.29) is 35.9 Å². The molecule has 6 heterocycles. The second kappa shape index (κ2) is 15.3. The number of amides is 5. The molecule has 0 aliphatic carbocycles. The second-order valence-corrected chi connectivity index (χ2v) is 14.4. The first-order valence-electron chi connectivity index (χ1n) is 19.0. The zero-order chi connectivity index (χ0) is 37.2. The van der Waals surface area contributed by atoms with Crippen molar-refractivity contribution in [2.24, 2.45) is 0 Å². The van der Waals surface area contributed by atoms with Gasteiger partial charge in [0.25, 0.3) is 11.8 Å². The van der Waals surface area contributed by atoms with Gasteiger partial charge in [0.15, 0.2) is 0 Å². The smallest absolute Gasteiger partial charge is 0.262 e. The fourth-order valence-electron chi connectivity index (χ4n) is 7.92. The first-order valence-corrected chi connectivity index (χ1v) is 19.0. The van der Waals surface area contributed by atoms with E-state index < -0.39 is 29.7 Å². The van der Waals surface area contributed by atoms with Gasteiger partial charge in [-0.3, -0.25) is 43.9 Å². The summed E-state index contributed by atoms with van der Waals surface area (Å²) in [6.45, 7) is 5.82. The van der Waals surface area contributed by atoms with E-state index in [9.17, 15) is 24.0 Å². The van der Waals surface area contributed by atoms with E-state index in [0.29, 0.717) is 31.7 Å². The van der Waals surface area contributed by atoms with E-state index in [4.69, 9.17) is 15.1 Å². The molecule has 0 saturated carbocycles. The van der Waals surface area contributed by atoms with Crippen LogP contribution in [0.1, 0.15) is 78.1 Å². The van der Waals surface area contributed by atoms with Crippen molar-refractivity contribution in [1.82, 2.24) is 40.2 Å². The molecule has 8 rings (SSSR count). The van der Waals surface area contributed by atoms with Crippen LogP contribution >= 0.6 is 0 Å². The van der Waals surface area contributed by atoms with Gasteiger partial charge in [-0.15, -0.1) is 0 Å². The molecule has 2 aromatic heterocycles. The van der Waals surface area contributed by atoms with E-state index in [2.05, 4.69) is 33.1 Å². The molecule has 2 aromatic carbocycles. The van der Waals surface area contributed by atoms with Crippen molar-refractivity contribution in [3.8, 4) is 11.3 Å². The topological polar surface area (TPSA) is 175 Å². The fourth-order valence-corrected chi connectivity index (χ4v) is 7.92. The second-order valence-electron chi connectivity index (χ2n) is 14.4. The average molecular weight is 733 g/mol. The van der Waals surface area contributed by atoms with E-state index in [1.807, 2.05) is 34.1 Å². The van der Waals surface area contributed by atoms with Crippen LogP contribution in [0.4, 0.5) is 11.4 Å². The number of carbonyl (C=O) groups is 5. The lowest BCUT2D eigenvalue weighted by atomic mass is 10.0. The number of para-hydroxylation sites is 1. The summed E-state index contributed by atoms with van der Waals surface area (Å²) in [5, 5.41) is 13.6. The lowest BCUT2D eigenvalue weighted by Crippen LogP contribution is -2.54. The summed E-state index contributed by atoms with van der Waals surface area (Å²) in [5.74, 6) is -1.90. The van der Waals surface area contributed by atoms with Crippen molar-refractivity contribution < 1.29 is 24.0 Å². The standard InChI is InChI=1S/C39H44N10O5/c50-34-11-10-33(37(52)45-34)49-38(53)28-9-8-26(21-29(28)39(49)54)41-14-3-1-2-7-35(51)47-17-12-27(13-18-47)48-24-25(22-43-48)31-23-42-30-5-4-6-32(36(30)44-31)46-19-15-40-16-20-46/h4-6,8-9,21-24,27,33,40-41H,1-3,7,10-20H2,(H,45,50,52). The maximum Gasteiger partial charge on any atom is 0.262 e. The van der Waals surface area contributed by atoms with Crippen LogP contribution in [0.2, 0.25) is 0 Å². The highest BCUT2D eigenvalue weighted by atomic mass is 16.2. The first-order chi connectivity index (χ1) is 26.3. The van der Waals surface area contributed by atoms with Crippen LogP contribution < -0.4 is 20.9 Å². The maximum atomic E-state index is 13.1. The summed E-state index contributed by atoms with van der Waals surface area (Å²) in [7, 11) is 0. The zero-order valence-corrected chi connectivity index (χ0v) is 30.1. The third-order valence-electron chi connectivity index (χ3n) is 10.9. The number of rotatable bonds is 11. The van der Waals surface area contributed by atoms with Gasteiger partial charge in [-0.25, -0.2) is 4.98 Å². The molecule has 1 unspecified atom stereocenters. The van der Waals surface area contributed by atoms with Gasteiger partial charge in [-0.2, -0.15) is 5.10 Å². The van der Waals surface area contributed by atoms with E-state index in [1.165, 1.54) is 0 Å². The van der Waals surface area contributed by atoms with E-state index in [0.717, 1.165) is 91.2 Å².